The monoisotopic (exact) mass is 376 g/mol. The summed E-state index contributed by atoms with van der Waals surface area (Å²) in [6, 6.07) is 8.72. The van der Waals surface area contributed by atoms with E-state index in [1.54, 1.807) is 0 Å². The summed E-state index contributed by atoms with van der Waals surface area (Å²) < 4.78 is 2.00. The first-order chi connectivity index (χ1) is 13.6. The van der Waals surface area contributed by atoms with Gasteiger partial charge in [0.05, 0.1) is 18.4 Å². The van der Waals surface area contributed by atoms with Gasteiger partial charge in [-0.2, -0.15) is 5.10 Å². The highest BCUT2D eigenvalue weighted by molar-refractivity contribution is 5.74. The molecule has 0 radical (unpaired) electrons. The zero-order valence-electron chi connectivity index (χ0n) is 15.9. The molecule has 5 N–H and O–H groups in total. The van der Waals surface area contributed by atoms with E-state index < -0.39 is 0 Å². The van der Waals surface area contributed by atoms with Gasteiger partial charge >= 0.3 is 0 Å². The van der Waals surface area contributed by atoms with E-state index in [1.165, 1.54) is 16.7 Å². The Morgan fingerprint density at radius 2 is 2.07 bits per heavy atom. The van der Waals surface area contributed by atoms with Gasteiger partial charge in [-0.25, -0.2) is 4.98 Å². The van der Waals surface area contributed by atoms with Crippen molar-refractivity contribution in [3.63, 3.8) is 0 Å². The number of nitrogens with two attached hydrogens (primary N) is 1. The second kappa shape index (κ2) is 6.81. The summed E-state index contributed by atoms with van der Waals surface area (Å²) >= 11 is 0. The average Bonchev–Trinajstić information content (AvgIpc) is 3.31. The van der Waals surface area contributed by atoms with E-state index in [0.717, 1.165) is 55.1 Å². The summed E-state index contributed by atoms with van der Waals surface area (Å²) in [6.07, 6.45) is 5.88. The van der Waals surface area contributed by atoms with Crippen molar-refractivity contribution >= 4 is 17.3 Å². The zero-order chi connectivity index (χ0) is 19.1. The number of hydrogen-bond donors (Lipinski definition) is 4. The molecule has 0 atom stereocenters. The summed E-state index contributed by atoms with van der Waals surface area (Å²) in [5, 5.41) is 4.56. The first kappa shape index (κ1) is 17.0. The van der Waals surface area contributed by atoms with Crippen molar-refractivity contribution in [3.05, 3.63) is 64.5 Å². The molecule has 1 aromatic carbocycles. The number of anilines is 3. The molecular formula is C20H24N8. The number of benzene rings is 1. The van der Waals surface area contributed by atoms with Gasteiger partial charge in [-0.15, -0.1) is 5.53 Å². The first-order valence-corrected chi connectivity index (χ1v) is 9.51. The normalized spacial score (nSPS) is 15.6. The van der Waals surface area contributed by atoms with Crippen LogP contribution in [0, 0.1) is 0 Å². The molecule has 4 heterocycles. The number of pyridine rings is 1. The molecular weight excluding hydrogens is 352 g/mol. The predicted octanol–water partition coefficient (Wildman–Crippen LogP) is 1.74. The molecule has 8 heteroatoms. The highest BCUT2D eigenvalue weighted by atomic mass is 15.6. The number of hydrogen-bond acceptors (Lipinski definition) is 7. The van der Waals surface area contributed by atoms with Gasteiger partial charge in [0.25, 0.3) is 0 Å². The molecule has 0 aliphatic carbocycles. The van der Waals surface area contributed by atoms with Crippen LogP contribution >= 0.6 is 0 Å². The quantitative estimate of drug-likeness (QED) is 0.551. The summed E-state index contributed by atoms with van der Waals surface area (Å²) in [6.45, 7) is 2.94. The van der Waals surface area contributed by atoms with Crippen LogP contribution in [-0.2, 0) is 25.9 Å². The lowest BCUT2D eigenvalue weighted by atomic mass is 9.97. The number of rotatable bonds is 4. The average molecular weight is 376 g/mol. The predicted molar refractivity (Wildman–Crippen MR) is 110 cm³/mol. The van der Waals surface area contributed by atoms with Gasteiger partial charge in [0.1, 0.15) is 5.82 Å². The lowest BCUT2D eigenvalue weighted by Crippen LogP contribution is -2.26. The van der Waals surface area contributed by atoms with E-state index in [1.807, 2.05) is 16.9 Å². The Hall–Kier alpha value is -3.10. The minimum atomic E-state index is 0.499. The van der Waals surface area contributed by atoms with Crippen molar-refractivity contribution in [2.45, 2.75) is 25.9 Å². The van der Waals surface area contributed by atoms with Crippen LogP contribution < -0.4 is 22.1 Å². The molecule has 0 spiro atoms. The first-order valence-electron chi connectivity index (χ1n) is 9.51. The molecule has 0 fully saturated rings. The van der Waals surface area contributed by atoms with Crippen LogP contribution in [0.4, 0.5) is 17.3 Å². The molecule has 2 aromatic heterocycles. The Bertz CT molecular complexity index is 1030. The summed E-state index contributed by atoms with van der Waals surface area (Å²) in [7, 11) is 2.18. The molecule has 28 heavy (non-hydrogen) atoms. The minimum Gasteiger partial charge on any atom is -0.384 e. The van der Waals surface area contributed by atoms with Gasteiger partial charge in [0, 0.05) is 25.7 Å². The maximum atomic E-state index is 5.93. The summed E-state index contributed by atoms with van der Waals surface area (Å²) in [5.41, 5.74) is 22.2. The van der Waals surface area contributed by atoms with Crippen LogP contribution in [0.2, 0.25) is 0 Å². The molecule has 0 saturated heterocycles. The van der Waals surface area contributed by atoms with E-state index in [-0.39, 0.29) is 0 Å². The lowest BCUT2D eigenvalue weighted by molar-refractivity contribution is 0.313. The highest BCUT2D eigenvalue weighted by Gasteiger charge is 2.17. The zero-order valence-corrected chi connectivity index (χ0v) is 15.9. The molecule has 3 aromatic rings. The Morgan fingerprint density at radius 3 is 3.00 bits per heavy atom. The van der Waals surface area contributed by atoms with Crippen LogP contribution in [0.15, 0.2) is 36.7 Å². The van der Waals surface area contributed by atoms with E-state index in [0.29, 0.717) is 5.82 Å². The highest BCUT2D eigenvalue weighted by Crippen LogP contribution is 2.30. The molecule has 8 nitrogen and oxygen atoms in total. The molecule has 5 rings (SSSR count). The SMILES string of the molecule is CN1CCc2cc(Cn3cc(Cc4cc(N)nc5c4NNN5)cn3)ccc2C1. The van der Waals surface area contributed by atoms with Crippen LogP contribution in [0.25, 0.3) is 0 Å². The van der Waals surface area contributed by atoms with Crippen LogP contribution in [0.1, 0.15) is 27.8 Å². The second-order valence-electron chi connectivity index (χ2n) is 7.62. The van der Waals surface area contributed by atoms with Crippen molar-refractivity contribution in [2.75, 3.05) is 30.2 Å². The Morgan fingerprint density at radius 1 is 1.14 bits per heavy atom. The van der Waals surface area contributed by atoms with Gasteiger partial charge in [-0.1, -0.05) is 18.2 Å². The molecule has 0 amide bonds. The third-order valence-electron chi connectivity index (χ3n) is 5.39. The number of nitrogens with zero attached hydrogens (tertiary/aromatic N) is 4. The number of aromatic nitrogens is 3. The molecule has 0 unspecified atom stereocenters. The second-order valence-corrected chi connectivity index (χ2v) is 7.62. The Kier molecular flexibility index (Phi) is 4.14. The maximum absolute atomic E-state index is 5.93. The van der Waals surface area contributed by atoms with Gasteiger partial charge in [-0.05, 0) is 47.4 Å². The van der Waals surface area contributed by atoms with Crippen LogP contribution in [0.5, 0.6) is 0 Å². The third kappa shape index (κ3) is 3.28. The number of fused-ring (bicyclic) bond motifs is 2. The summed E-state index contributed by atoms with van der Waals surface area (Å²) in [5.74, 6) is 1.22. The van der Waals surface area contributed by atoms with Gasteiger partial charge in [0.15, 0.2) is 5.82 Å². The van der Waals surface area contributed by atoms with E-state index >= 15 is 0 Å². The number of nitrogen functional groups attached to an aromatic ring is 1. The standard InChI is InChI=1S/C20H24N8/c1-27-5-4-15-6-13(2-3-16(15)12-27)10-28-11-14(9-22-28)7-17-8-18(21)23-20-19(17)24-26-25-20/h2-3,6,8-9,11,24,26H,4-5,7,10,12H2,1H3,(H3,21,23,25). The Labute approximate surface area is 163 Å². The van der Waals surface area contributed by atoms with E-state index in [2.05, 4.69) is 62.8 Å². The number of nitrogens with one attached hydrogen (secondary N) is 3. The van der Waals surface area contributed by atoms with Crippen LogP contribution in [0.3, 0.4) is 0 Å². The fraction of sp³-hybridized carbons (Fsp3) is 0.300. The third-order valence-corrected chi connectivity index (χ3v) is 5.39. The lowest BCUT2D eigenvalue weighted by Gasteiger charge is -2.25. The maximum Gasteiger partial charge on any atom is 0.169 e. The molecule has 2 aliphatic rings. The smallest absolute Gasteiger partial charge is 0.169 e. The van der Waals surface area contributed by atoms with Crippen LogP contribution in [-0.4, -0.2) is 33.3 Å². The van der Waals surface area contributed by atoms with Crippen molar-refractivity contribution in [2.24, 2.45) is 0 Å². The fourth-order valence-corrected chi connectivity index (χ4v) is 3.98. The van der Waals surface area contributed by atoms with Gasteiger partial charge in [0.2, 0.25) is 0 Å². The largest absolute Gasteiger partial charge is 0.384 e. The number of hydrazine groups is 2. The molecule has 2 aliphatic heterocycles. The van der Waals surface area contributed by atoms with Crippen molar-refractivity contribution < 1.29 is 0 Å². The van der Waals surface area contributed by atoms with Gasteiger partial charge < -0.3 is 16.1 Å². The van der Waals surface area contributed by atoms with Crippen molar-refractivity contribution in [3.8, 4) is 0 Å². The molecule has 144 valence electrons. The fourth-order valence-electron chi connectivity index (χ4n) is 3.98. The number of likely N-dealkylation sites (N-methyl/N-ethyl adjacent to an activating group) is 1. The van der Waals surface area contributed by atoms with Gasteiger partial charge in [-0.3, -0.25) is 10.1 Å². The topological polar surface area (TPSA) is 96.1 Å². The summed E-state index contributed by atoms with van der Waals surface area (Å²) in [4.78, 5) is 6.64. The van der Waals surface area contributed by atoms with Crippen molar-refractivity contribution in [1.82, 2.24) is 25.2 Å². The minimum absolute atomic E-state index is 0.499. The molecule has 0 bridgehead atoms. The molecule has 0 saturated carbocycles. The van der Waals surface area contributed by atoms with E-state index in [4.69, 9.17) is 5.73 Å². The van der Waals surface area contributed by atoms with E-state index in [9.17, 15) is 0 Å². The Balaban J connectivity index is 1.32. The van der Waals surface area contributed by atoms with Crippen molar-refractivity contribution in [1.29, 1.82) is 0 Å².